The molecule has 1 amide bonds. The monoisotopic (exact) mass is 417 g/mol. The van der Waals surface area contributed by atoms with Crippen LogP contribution in [0.3, 0.4) is 0 Å². The van der Waals surface area contributed by atoms with Gasteiger partial charge in [-0.15, -0.1) is 0 Å². The molecule has 0 radical (unpaired) electrons. The average Bonchev–Trinajstić information content (AvgIpc) is 3.44. The van der Waals surface area contributed by atoms with Crippen LogP contribution in [0.25, 0.3) is 28.0 Å². The van der Waals surface area contributed by atoms with Crippen molar-refractivity contribution in [3.05, 3.63) is 42.6 Å². The summed E-state index contributed by atoms with van der Waals surface area (Å²) in [6.07, 6.45) is 4.90. The molecule has 0 saturated carbocycles. The highest BCUT2D eigenvalue weighted by Gasteiger charge is 2.18. The molecule has 0 aliphatic heterocycles. The van der Waals surface area contributed by atoms with Crippen molar-refractivity contribution in [2.45, 2.75) is 26.9 Å². The summed E-state index contributed by atoms with van der Waals surface area (Å²) >= 11 is 0. The molecule has 0 atom stereocenters. The number of anilines is 2. The van der Waals surface area contributed by atoms with Crippen LogP contribution in [0.2, 0.25) is 0 Å². The van der Waals surface area contributed by atoms with Gasteiger partial charge in [0, 0.05) is 24.2 Å². The molecule has 31 heavy (non-hydrogen) atoms. The number of fused-ring (bicyclic) bond motifs is 2. The molecule has 156 valence electrons. The van der Waals surface area contributed by atoms with E-state index in [9.17, 15) is 4.79 Å². The number of amides is 1. The van der Waals surface area contributed by atoms with Gasteiger partial charge in [-0.2, -0.15) is 24.8 Å². The van der Waals surface area contributed by atoms with Crippen molar-refractivity contribution in [2.24, 2.45) is 0 Å². The molecule has 0 fully saturated rings. The van der Waals surface area contributed by atoms with Gasteiger partial charge in [0.25, 0.3) is 0 Å². The van der Waals surface area contributed by atoms with E-state index >= 15 is 0 Å². The normalized spacial score (nSPS) is 11.4. The molecule has 0 bridgehead atoms. The van der Waals surface area contributed by atoms with Gasteiger partial charge in [0.2, 0.25) is 11.9 Å². The number of carbonyl (C=O) groups is 1. The first kappa shape index (κ1) is 18.7. The zero-order valence-corrected chi connectivity index (χ0v) is 16.9. The summed E-state index contributed by atoms with van der Waals surface area (Å²) in [5.41, 5.74) is 8.31. The molecule has 12 heteroatoms. The van der Waals surface area contributed by atoms with Crippen LogP contribution in [0.1, 0.15) is 12.6 Å². The Hall–Kier alpha value is -4.35. The highest BCUT2D eigenvalue weighted by Crippen LogP contribution is 2.22. The van der Waals surface area contributed by atoms with E-state index in [0.717, 1.165) is 11.1 Å². The Morgan fingerprint density at radius 3 is 2.94 bits per heavy atom. The first-order chi connectivity index (χ1) is 15.0. The average molecular weight is 417 g/mol. The van der Waals surface area contributed by atoms with Crippen molar-refractivity contribution in [3.63, 3.8) is 0 Å². The van der Waals surface area contributed by atoms with Gasteiger partial charge >= 0.3 is 0 Å². The van der Waals surface area contributed by atoms with Gasteiger partial charge in [0.15, 0.2) is 22.6 Å². The first-order valence-corrected chi connectivity index (χ1v) is 9.65. The largest absolute Gasteiger partial charge is 0.368 e. The third kappa shape index (κ3) is 3.23. The molecule has 5 rings (SSSR count). The van der Waals surface area contributed by atoms with Crippen molar-refractivity contribution in [3.8, 4) is 5.82 Å². The summed E-state index contributed by atoms with van der Waals surface area (Å²) in [4.78, 5) is 30.1. The highest BCUT2D eigenvalue weighted by atomic mass is 16.2. The van der Waals surface area contributed by atoms with Crippen LogP contribution < -0.4 is 11.1 Å². The van der Waals surface area contributed by atoms with Gasteiger partial charge in [0.05, 0.1) is 18.2 Å². The van der Waals surface area contributed by atoms with E-state index < -0.39 is 0 Å². The molecule has 0 saturated heterocycles. The van der Waals surface area contributed by atoms with Crippen molar-refractivity contribution < 1.29 is 4.79 Å². The van der Waals surface area contributed by atoms with Gasteiger partial charge in [0.1, 0.15) is 12.4 Å². The number of aromatic nitrogens is 9. The molecule has 5 aromatic heterocycles. The molecule has 5 heterocycles. The third-order valence-electron chi connectivity index (χ3n) is 4.78. The van der Waals surface area contributed by atoms with Crippen LogP contribution in [-0.2, 0) is 17.9 Å². The summed E-state index contributed by atoms with van der Waals surface area (Å²) in [6.45, 7) is 4.48. The van der Waals surface area contributed by atoms with Gasteiger partial charge < -0.3 is 15.6 Å². The lowest BCUT2D eigenvalue weighted by Gasteiger charge is -2.08. The minimum absolute atomic E-state index is 0.00155. The van der Waals surface area contributed by atoms with E-state index in [0.29, 0.717) is 35.0 Å². The predicted molar refractivity (Wildman–Crippen MR) is 113 cm³/mol. The number of nitrogens with one attached hydrogen (secondary N) is 1. The Bertz CT molecular complexity index is 1430. The molecular formula is C19H19N11O. The second kappa shape index (κ2) is 7.16. The molecule has 0 aromatic carbocycles. The Labute approximate surface area is 175 Å². The lowest BCUT2D eigenvalue weighted by molar-refractivity contribution is -0.116. The fraction of sp³-hybridized carbons (Fsp3) is 0.211. The van der Waals surface area contributed by atoms with Crippen molar-refractivity contribution in [2.75, 3.05) is 11.1 Å². The zero-order chi connectivity index (χ0) is 21.5. The van der Waals surface area contributed by atoms with Crippen molar-refractivity contribution in [1.29, 1.82) is 0 Å². The molecule has 0 unspecified atom stereocenters. The molecule has 12 nitrogen and oxygen atoms in total. The molecular weight excluding hydrogens is 398 g/mol. The number of rotatable bonds is 5. The first-order valence-electron chi connectivity index (χ1n) is 9.65. The standard InChI is InChI=1S/C19H19N11O/c1-3-29-13(7-11(2)27-29)24-14(31)9-28-10-22-15-17(28)25-19(20)26-18(15)30-16-12(8-23-30)5-4-6-21-16/h4-8,10H,3,9H2,1-2H3,(H,24,31)(H2,20,25,26). The number of nitrogen functional groups attached to an aromatic ring is 1. The number of hydrogen-bond acceptors (Lipinski definition) is 8. The van der Waals surface area contributed by atoms with Gasteiger partial charge in [-0.05, 0) is 26.0 Å². The van der Waals surface area contributed by atoms with Crippen LogP contribution in [0.4, 0.5) is 11.8 Å². The summed E-state index contributed by atoms with van der Waals surface area (Å²) < 4.78 is 4.91. The van der Waals surface area contributed by atoms with Gasteiger partial charge in [-0.3, -0.25) is 4.79 Å². The van der Waals surface area contributed by atoms with E-state index in [1.165, 1.54) is 6.33 Å². The third-order valence-corrected chi connectivity index (χ3v) is 4.78. The smallest absolute Gasteiger partial charge is 0.245 e. The van der Waals surface area contributed by atoms with Gasteiger partial charge in [-0.1, -0.05) is 0 Å². The van der Waals surface area contributed by atoms with E-state index in [4.69, 9.17) is 5.73 Å². The summed E-state index contributed by atoms with van der Waals surface area (Å²) in [5.74, 6) is 0.844. The van der Waals surface area contributed by atoms with Crippen LogP contribution in [-0.4, -0.2) is 50.0 Å². The lowest BCUT2D eigenvalue weighted by Crippen LogP contribution is -2.20. The van der Waals surface area contributed by atoms with Crippen LogP contribution in [0.15, 0.2) is 36.9 Å². The fourth-order valence-electron chi connectivity index (χ4n) is 3.45. The maximum absolute atomic E-state index is 12.7. The number of aryl methyl sites for hydroxylation is 2. The predicted octanol–water partition coefficient (Wildman–Crippen LogP) is 1.31. The highest BCUT2D eigenvalue weighted by molar-refractivity contribution is 5.91. The number of pyridine rings is 1. The Morgan fingerprint density at radius 1 is 1.23 bits per heavy atom. The number of carbonyl (C=O) groups excluding carboxylic acids is 1. The second-order valence-electron chi connectivity index (χ2n) is 6.96. The maximum atomic E-state index is 12.7. The molecule has 0 spiro atoms. The number of nitrogens with two attached hydrogens (primary N) is 1. The summed E-state index contributed by atoms with van der Waals surface area (Å²) in [5, 5.41) is 12.4. The fourth-order valence-corrected chi connectivity index (χ4v) is 3.45. The number of imidazole rings is 1. The van der Waals surface area contributed by atoms with E-state index in [1.54, 1.807) is 26.3 Å². The topological polar surface area (TPSA) is 147 Å². The van der Waals surface area contributed by atoms with E-state index in [-0.39, 0.29) is 18.4 Å². The minimum Gasteiger partial charge on any atom is -0.368 e. The SMILES string of the molecule is CCn1nc(C)cc1NC(=O)Cn1cnc2c(-n3ncc4cccnc43)nc(N)nc21. The van der Waals surface area contributed by atoms with Gasteiger partial charge in [-0.25, -0.2) is 14.6 Å². The maximum Gasteiger partial charge on any atom is 0.245 e. The lowest BCUT2D eigenvalue weighted by atomic mass is 10.3. The van der Waals surface area contributed by atoms with Crippen molar-refractivity contribution >= 4 is 39.9 Å². The van der Waals surface area contributed by atoms with E-state index in [1.807, 2.05) is 32.0 Å². The van der Waals surface area contributed by atoms with Crippen LogP contribution >= 0.6 is 0 Å². The zero-order valence-electron chi connectivity index (χ0n) is 16.9. The molecule has 0 aliphatic carbocycles. The van der Waals surface area contributed by atoms with Crippen molar-refractivity contribution in [1.82, 2.24) is 44.1 Å². The quantitative estimate of drug-likeness (QED) is 0.435. The van der Waals surface area contributed by atoms with Crippen LogP contribution in [0.5, 0.6) is 0 Å². The second-order valence-corrected chi connectivity index (χ2v) is 6.96. The summed E-state index contributed by atoms with van der Waals surface area (Å²) in [6, 6.07) is 5.55. The number of hydrogen-bond donors (Lipinski definition) is 2. The van der Waals surface area contributed by atoms with E-state index in [2.05, 4.69) is 35.5 Å². The Kier molecular flexibility index (Phi) is 4.31. The molecule has 3 N–H and O–H groups in total. The molecule has 5 aromatic rings. The molecule has 0 aliphatic rings. The minimum atomic E-state index is -0.237. The Morgan fingerprint density at radius 2 is 2.10 bits per heavy atom. The van der Waals surface area contributed by atoms with Crippen LogP contribution in [0, 0.1) is 6.92 Å². The summed E-state index contributed by atoms with van der Waals surface area (Å²) in [7, 11) is 0. The number of nitrogens with zero attached hydrogens (tertiary/aromatic N) is 9. The Balaban J connectivity index is 1.51.